The van der Waals surface area contributed by atoms with Gasteiger partial charge in [0.05, 0.1) is 22.7 Å². The maximum absolute atomic E-state index is 13.0. The lowest BCUT2D eigenvalue weighted by atomic mass is 9.74. The molecule has 0 spiro atoms. The summed E-state index contributed by atoms with van der Waals surface area (Å²) < 4.78 is 13.1. The van der Waals surface area contributed by atoms with E-state index in [2.05, 4.69) is 21.2 Å². The second-order valence-electron chi connectivity index (χ2n) is 7.61. The van der Waals surface area contributed by atoms with Crippen molar-refractivity contribution in [2.75, 3.05) is 0 Å². The van der Waals surface area contributed by atoms with Gasteiger partial charge in [0.1, 0.15) is 0 Å². The highest BCUT2D eigenvalue weighted by Crippen LogP contribution is 2.40. The first-order valence-corrected chi connectivity index (χ1v) is 9.94. The Morgan fingerprint density at radius 2 is 1.67 bits per heavy atom. The normalized spacial score (nSPS) is 19.0. The Kier molecular flexibility index (Phi) is 5.73. The van der Waals surface area contributed by atoms with Gasteiger partial charge in [0, 0.05) is 9.50 Å². The molecule has 0 aliphatic carbocycles. The van der Waals surface area contributed by atoms with Gasteiger partial charge in [0.15, 0.2) is 0 Å². The Morgan fingerprint density at radius 1 is 1.07 bits per heavy atom. The SMILES string of the molecule is CC1(C)OB([C@H](NC(=O)c2cc(Cl)ccc2Br)c2ccccc2)OC1(C)C. The van der Waals surface area contributed by atoms with E-state index in [-0.39, 0.29) is 5.91 Å². The molecule has 0 unspecified atom stereocenters. The smallest absolute Gasteiger partial charge is 0.402 e. The summed E-state index contributed by atoms with van der Waals surface area (Å²) in [5.74, 6) is -0.724. The second kappa shape index (κ2) is 7.59. The molecule has 142 valence electrons. The number of amides is 1. The van der Waals surface area contributed by atoms with Crippen LogP contribution < -0.4 is 5.32 Å². The van der Waals surface area contributed by atoms with E-state index in [9.17, 15) is 4.79 Å². The second-order valence-corrected chi connectivity index (χ2v) is 8.90. The summed E-state index contributed by atoms with van der Waals surface area (Å²) >= 11 is 9.48. The van der Waals surface area contributed by atoms with E-state index in [0.717, 1.165) is 5.56 Å². The highest BCUT2D eigenvalue weighted by molar-refractivity contribution is 9.10. The average Bonchev–Trinajstić information content (AvgIpc) is 2.83. The fourth-order valence-corrected chi connectivity index (χ4v) is 3.48. The van der Waals surface area contributed by atoms with Gasteiger partial charge < -0.3 is 14.6 Å². The molecule has 2 aromatic rings. The Bertz CT molecular complexity index is 828. The Morgan fingerprint density at radius 3 is 2.26 bits per heavy atom. The molecule has 3 rings (SSSR count). The molecule has 0 radical (unpaired) electrons. The van der Waals surface area contributed by atoms with Crippen LogP contribution in [-0.2, 0) is 9.31 Å². The van der Waals surface area contributed by atoms with Crippen molar-refractivity contribution in [1.29, 1.82) is 0 Å². The van der Waals surface area contributed by atoms with Gasteiger partial charge >= 0.3 is 7.12 Å². The first-order valence-electron chi connectivity index (χ1n) is 8.77. The molecule has 1 saturated heterocycles. The summed E-state index contributed by atoms with van der Waals surface area (Å²) in [7, 11) is -0.612. The minimum atomic E-state index is -0.612. The van der Waals surface area contributed by atoms with Crippen molar-refractivity contribution in [3.05, 3.63) is 69.2 Å². The summed E-state index contributed by atoms with van der Waals surface area (Å²) in [6.07, 6.45) is 0. The molecular formula is C20H22BBrClNO3. The van der Waals surface area contributed by atoms with E-state index in [1.807, 2.05) is 58.0 Å². The summed E-state index contributed by atoms with van der Waals surface area (Å²) in [6, 6.07) is 14.8. The standard InChI is InChI=1S/C20H22BBrClNO3/c1-19(2)20(3,4)27-21(26-19)17(13-8-6-5-7-9-13)24-18(25)15-12-14(23)10-11-16(15)22/h5-12,17H,1-4H3,(H,24,25)/t17-/m1/s1. The molecule has 1 fully saturated rings. The molecule has 1 aliphatic rings. The fraction of sp³-hybridized carbons (Fsp3) is 0.350. The van der Waals surface area contributed by atoms with Gasteiger partial charge in [-0.25, -0.2) is 0 Å². The van der Waals surface area contributed by atoms with Gasteiger partial charge in [0.2, 0.25) is 0 Å². The Hall–Kier alpha value is -1.34. The maximum atomic E-state index is 13.0. The van der Waals surface area contributed by atoms with Gasteiger partial charge in [-0.05, 0) is 67.4 Å². The van der Waals surface area contributed by atoms with Crippen molar-refractivity contribution >= 4 is 40.6 Å². The van der Waals surface area contributed by atoms with E-state index in [4.69, 9.17) is 20.9 Å². The van der Waals surface area contributed by atoms with E-state index in [0.29, 0.717) is 15.1 Å². The van der Waals surface area contributed by atoms with Crippen LogP contribution in [0.25, 0.3) is 0 Å². The molecule has 0 aromatic heterocycles. The molecule has 1 amide bonds. The number of benzene rings is 2. The lowest BCUT2D eigenvalue weighted by Crippen LogP contribution is -2.41. The Labute approximate surface area is 173 Å². The quantitative estimate of drug-likeness (QED) is 0.651. The van der Waals surface area contributed by atoms with Gasteiger partial charge in [-0.2, -0.15) is 0 Å². The summed E-state index contributed by atoms with van der Waals surface area (Å²) in [6.45, 7) is 7.96. The third kappa shape index (κ3) is 4.24. The molecule has 1 aliphatic heterocycles. The number of carbonyl (C=O) groups is 1. The first kappa shape index (κ1) is 20.4. The van der Waals surface area contributed by atoms with Crippen molar-refractivity contribution in [1.82, 2.24) is 5.32 Å². The van der Waals surface area contributed by atoms with Crippen LogP contribution in [-0.4, -0.2) is 24.2 Å². The average molecular weight is 451 g/mol. The maximum Gasteiger partial charge on any atom is 0.486 e. The van der Waals surface area contributed by atoms with Crippen LogP contribution >= 0.6 is 27.5 Å². The first-order chi connectivity index (χ1) is 12.6. The predicted octanol–water partition coefficient (Wildman–Crippen LogP) is 5.21. The van der Waals surface area contributed by atoms with Gasteiger partial charge in [-0.15, -0.1) is 0 Å². The van der Waals surface area contributed by atoms with E-state index in [1.54, 1.807) is 18.2 Å². The number of halogens is 2. The van der Waals surface area contributed by atoms with Crippen LogP contribution in [0.2, 0.25) is 5.02 Å². The zero-order valence-electron chi connectivity index (χ0n) is 15.8. The van der Waals surface area contributed by atoms with Crippen molar-refractivity contribution in [2.24, 2.45) is 0 Å². The zero-order chi connectivity index (χ0) is 19.8. The molecule has 0 bridgehead atoms. The number of carbonyl (C=O) groups excluding carboxylic acids is 1. The third-order valence-corrected chi connectivity index (χ3v) is 6.09. The van der Waals surface area contributed by atoms with Crippen LogP contribution in [0.3, 0.4) is 0 Å². The number of nitrogens with one attached hydrogen (secondary N) is 1. The monoisotopic (exact) mass is 449 g/mol. The van der Waals surface area contributed by atoms with Crippen LogP contribution in [0.5, 0.6) is 0 Å². The van der Waals surface area contributed by atoms with Gasteiger partial charge in [-0.1, -0.05) is 41.9 Å². The zero-order valence-corrected chi connectivity index (χ0v) is 18.1. The number of hydrogen-bond acceptors (Lipinski definition) is 3. The largest absolute Gasteiger partial charge is 0.486 e. The van der Waals surface area contributed by atoms with E-state index in [1.165, 1.54) is 0 Å². The number of hydrogen-bond donors (Lipinski definition) is 1. The minimum absolute atomic E-state index is 0.257. The lowest BCUT2D eigenvalue weighted by molar-refractivity contribution is 0.00578. The number of rotatable bonds is 4. The van der Waals surface area contributed by atoms with E-state index < -0.39 is 24.3 Å². The highest BCUT2D eigenvalue weighted by atomic mass is 79.9. The summed E-state index contributed by atoms with van der Waals surface area (Å²) in [5, 5.41) is 3.55. The molecule has 4 nitrogen and oxygen atoms in total. The van der Waals surface area contributed by atoms with Gasteiger partial charge in [-0.3, -0.25) is 4.79 Å². The van der Waals surface area contributed by atoms with E-state index >= 15 is 0 Å². The predicted molar refractivity (Wildman–Crippen MR) is 112 cm³/mol. The third-order valence-electron chi connectivity index (χ3n) is 5.16. The van der Waals surface area contributed by atoms with Crippen LogP contribution in [0.15, 0.2) is 53.0 Å². The van der Waals surface area contributed by atoms with Crippen LogP contribution in [0.1, 0.15) is 49.6 Å². The van der Waals surface area contributed by atoms with Crippen molar-refractivity contribution in [3.63, 3.8) is 0 Å². The van der Waals surface area contributed by atoms with Gasteiger partial charge in [0.25, 0.3) is 5.91 Å². The molecule has 2 aromatic carbocycles. The van der Waals surface area contributed by atoms with Crippen LogP contribution in [0, 0.1) is 0 Å². The summed E-state index contributed by atoms with van der Waals surface area (Å²) in [5.41, 5.74) is 0.375. The van der Waals surface area contributed by atoms with Crippen molar-refractivity contribution in [2.45, 2.75) is 44.8 Å². The van der Waals surface area contributed by atoms with Crippen molar-refractivity contribution < 1.29 is 14.1 Å². The minimum Gasteiger partial charge on any atom is -0.402 e. The lowest BCUT2D eigenvalue weighted by Gasteiger charge is -2.32. The van der Waals surface area contributed by atoms with Crippen LogP contribution in [0.4, 0.5) is 0 Å². The highest BCUT2D eigenvalue weighted by Gasteiger charge is 2.54. The molecule has 1 atom stereocenters. The Balaban J connectivity index is 1.92. The molecule has 27 heavy (non-hydrogen) atoms. The molecule has 1 N–H and O–H groups in total. The van der Waals surface area contributed by atoms with Crippen molar-refractivity contribution in [3.8, 4) is 0 Å². The fourth-order valence-electron chi connectivity index (χ4n) is 2.88. The topological polar surface area (TPSA) is 47.6 Å². The molecule has 1 heterocycles. The summed E-state index contributed by atoms with van der Waals surface area (Å²) in [4.78, 5) is 13.0. The molecular weight excluding hydrogens is 428 g/mol. The molecule has 0 saturated carbocycles. The molecule has 7 heteroatoms.